The molecular formula is C15H27NS. The average molecular weight is 253 g/mol. The van der Waals surface area contributed by atoms with Gasteiger partial charge in [-0.25, -0.2) is 0 Å². The highest BCUT2D eigenvalue weighted by atomic mass is 32.1. The van der Waals surface area contributed by atoms with Gasteiger partial charge in [-0.1, -0.05) is 32.3 Å². The predicted octanol–water partition coefficient (Wildman–Crippen LogP) is 4.63. The van der Waals surface area contributed by atoms with E-state index in [2.05, 4.69) is 36.7 Å². The maximum absolute atomic E-state index is 3.59. The summed E-state index contributed by atoms with van der Waals surface area (Å²) in [6.45, 7) is 5.75. The fraction of sp³-hybridized carbons (Fsp3) is 0.733. The van der Waals surface area contributed by atoms with Crippen LogP contribution in [-0.4, -0.2) is 12.6 Å². The summed E-state index contributed by atoms with van der Waals surface area (Å²) < 4.78 is 0. The third-order valence-corrected chi connectivity index (χ3v) is 4.10. The molecule has 1 unspecified atom stereocenters. The van der Waals surface area contributed by atoms with Crippen molar-refractivity contribution in [2.24, 2.45) is 0 Å². The molecule has 0 fully saturated rings. The van der Waals surface area contributed by atoms with Gasteiger partial charge in [0, 0.05) is 10.9 Å². The number of unbranched alkanes of at least 4 members (excludes halogenated alkanes) is 3. The van der Waals surface area contributed by atoms with E-state index < -0.39 is 0 Å². The molecule has 1 aromatic rings. The summed E-state index contributed by atoms with van der Waals surface area (Å²) in [5.74, 6) is 0. The van der Waals surface area contributed by atoms with E-state index in [0.717, 1.165) is 0 Å². The average Bonchev–Trinajstić information content (AvgIpc) is 2.82. The van der Waals surface area contributed by atoms with Crippen LogP contribution in [0.4, 0.5) is 0 Å². The zero-order valence-electron chi connectivity index (χ0n) is 11.4. The number of hydrogen-bond donors (Lipinski definition) is 1. The Labute approximate surface area is 111 Å². The Morgan fingerprint density at radius 2 is 2.12 bits per heavy atom. The molecule has 1 nitrogen and oxygen atoms in total. The van der Waals surface area contributed by atoms with Crippen molar-refractivity contribution >= 4 is 11.3 Å². The Bertz CT molecular complexity index is 256. The Balaban J connectivity index is 1.89. The first kappa shape index (κ1) is 14.7. The largest absolute Gasteiger partial charge is 0.314 e. The van der Waals surface area contributed by atoms with Crippen LogP contribution in [-0.2, 0) is 6.42 Å². The summed E-state index contributed by atoms with van der Waals surface area (Å²) in [4.78, 5) is 1.54. The second-order valence-corrected chi connectivity index (χ2v) is 5.92. The molecule has 0 saturated carbocycles. The van der Waals surface area contributed by atoms with Crippen molar-refractivity contribution in [3.63, 3.8) is 0 Å². The molecule has 0 radical (unpaired) electrons. The van der Waals surface area contributed by atoms with Gasteiger partial charge in [0.25, 0.3) is 0 Å². The highest BCUT2D eigenvalue weighted by molar-refractivity contribution is 7.09. The fourth-order valence-corrected chi connectivity index (χ4v) is 2.76. The van der Waals surface area contributed by atoms with E-state index >= 15 is 0 Å². The standard InChI is InChI=1S/C15H27NS/c1-3-4-12-16-14(2)9-6-5-7-10-15-11-8-13-17-15/h8,11,13-14,16H,3-7,9-10,12H2,1-2H3. The zero-order valence-corrected chi connectivity index (χ0v) is 12.2. The Morgan fingerprint density at radius 1 is 1.24 bits per heavy atom. The molecular weight excluding hydrogens is 226 g/mol. The van der Waals surface area contributed by atoms with Crippen molar-refractivity contribution in [2.45, 2.75) is 64.8 Å². The number of thiophene rings is 1. The Kier molecular flexibility index (Phi) is 8.37. The number of aryl methyl sites for hydroxylation is 1. The van der Waals surface area contributed by atoms with Gasteiger partial charge in [0.2, 0.25) is 0 Å². The lowest BCUT2D eigenvalue weighted by Gasteiger charge is -2.12. The van der Waals surface area contributed by atoms with Crippen LogP contribution < -0.4 is 5.32 Å². The maximum atomic E-state index is 3.59. The van der Waals surface area contributed by atoms with E-state index in [1.807, 2.05) is 11.3 Å². The van der Waals surface area contributed by atoms with Gasteiger partial charge in [0.05, 0.1) is 0 Å². The molecule has 1 atom stereocenters. The molecule has 0 spiro atoms. The van der Waals surface area contributed by atoms with Gasteiger partial charge in [-0.15, -0.1) is 11.3 Å². The van der Waals surface area contributed by atoms with Crippen molar-refractivity contribution in [3.05, 3.63) is 22.4 Å². The molecule has 0 aromatic carbocycles. The minimum absolute atomic E-state index is 0.697. The van der Waals surface area contributed by atoms with Crippen molar-refractivity contribution < 1.29 is 0 Å². The number of nitrogens with one attached hydrogen (secondary N) is 1. The lowest BCUT2D eigenvalue weighted by Crippen LogP contribution is -2.26. The topological polar surface area (TPSA) is 12.0 Å². The molecule has 0 bridgehead atoms. The predicted molar refractivity (Wildman–Crippen MR) is 78.9 cm³/mol. The summed E-state index contributed by atoms with van der Waals surface area (Å²) in [5, 5.41) is 5.77. The van der Waals surface area contributed by atoms with E-state index in [0.29, 0.717) is 6.04 Å². The summed E-state index contributed by atoms with van der Waals surface area (Å²) in [7, 11) is 0. The quantitative estimate of drug-likeness (QED) is 0.600. The van der Waals surface area contributed by atoms with Crippen molar-refractivity contribution in [3.8, 4) is 0 Å². The van der Waals surface area contributed by atoms with E-state index in [-0.39, 0.29) is 0 Å². The van der Waals surface area contributed by atoms with Gasteiger partial charge >= 0.3 is 0 Å². The molecule has 1 aromatic heterocycles. The molecule has 0 aliphatic heterocycles. The molecule has 1 rings (SSSR count). The van der Waals surface area contributed by atoms with Gasteiger partial charge < -0.3 is 5.32 Å². The third-order valence-electron chi connectivity index (χ3n) is 3.16. The third kappa shape index (κ3) is 7.56. The van der Waals surface area contributed by atoms with Crippen molar-refractivity contribution in [2.75, 3.05) is 6.54 Å². The number of hydrogen-bond acceptors (Lipinski definition) is 2. The van der Waals surface area contributed by atoms with Gasteiger partial charge in [0.1, 0.15) is 0 Å². The van der Waals surface area contributed by atoms with Crippen LogP contribution >= 0.6 is 11.3 Å². The molecule has 0 aliphatic carbocycles. The second kappa shape index (κ2) is 9.67. The minimum Gasteiger partial charge on any atom is -0.314 e. The zero-order chi connectivity index (χ0) is 12.3. The van der Waals surface area contributed by atoms with E-state index in [1.165, 1.54) is 51.5 Å². The van der Waals surface area contributed by atoms with Crippen LogP contribution in [0.25, 0.3) is 0 Å². The lowest BCUT2D eigenvalue weighted by molar-refractivity contribution is 0.478. The SMILES string of the molecule is CCCCNC(C)CCCCCc1cccs1. The first-order valence-corrected chi connectivity index (χ1v) is 7.96. The van der Waals surface area contributed by atoms with Crippen molar-refractivity contribution in [1.29, 1.82) is 0 Å². The van der Waals surface area contributed by atoms with Crippen LogP contribution in [0.3, 0.4) is 0 Å². The smallest absolute Gasteiger partial charge is 0.00452 e. The maximum Gasteiger partial charge on any atom is 0.00452 e. The van der Waals surface area contributed by atoms with Crippen LogP contribution in [0.1, 0.15) is 57.2 Å². The Morgan fingerprint density at radius 3 is 2.82 bits per heavy atom. The van der Waals surface area contributed by atoms with Crippen LogP contribution in [0.2, 0.25) is 0 Å². The van der Waals surface area contributed by atoms with E-state index in [9.17, 15) is 0 Å². The molecule has 17 heavy (non-hydrogen) atoms. The minimum atomic E-state index is 0.697. The lowest BCUT2D eigenvalue weighted by atomic mass is 10.1. The highest BCUT2D eigenvalue weighted by Gasteiger charge is 2.00. The van der Waals surface area contributed by atoms with Gasteiger partial charge in [-0.05, 0) is 50.6 Å². The van der Waals surface area contributed by atoms with E-state index in [4.69, 9.17) is 0 Å². The van der Waals surface area contributed by atoms with Crippen LogP contribution in [0.5, 0.6) is 0 Å². The number of rotatable bonds is 10. The molecule has 98 valence electrons. The first-order chi connectivity index (χ1) is 8.33. The van der Waals surface area contributed by atoms with E-state index in [1.54, 1.807) is 4.88 Å². The van der Waals surface area contributed by atoms with Gasteiger partial charge in [-0.3, -0.25) is 0 Å². The van der Waals surface area contributed by atoms with Crippen LogP contribution in [0.15, 0.2) is 17.5 Å². The molecule has 1 N–H and O–H groups in total. The van der Waals surface area contributed by atoms with Gasteiger partial charge in [-0.2, -0.15) is 0 Å². The first-order valence-electron chi connectivity index (χ1n) is 7.08. The summed E-state index contributed by atoms with van der Waals surface area (Å²) in [6, 6.07) is 5.10. The molecule has 0 saturated heterocycles. The molecule has 1 heterocycles. The Hall–Kier alpha value is -0.340. The summed E-state index contributed by atoms with van der Waals surface area (Å²) >= 11 is 1.89. The monoisotopic (exact) mass is 253 g/mol. The van der Waals surface area contributed by atoms with Gasteiger partial charge in [0.15, 0.2) is 0 Å². The van der Waals surface area contributed by atoms with Crippen molar-refractivity contribution in [1.82, 2.24) is 5.32 Å². The normalized spacial score (nSPS) is 12.8. The molecule has 2 heteroatoms. The molecule has 0 aliphatic rings. The highest BCUT2D eigenvalue weighted by Crippen LogP contribution is 2.13. The summed E-state index contributed by atoms with van der Waals surface area (Å²) in [5.41, 5.74) is 0. The fourth-order valence-electron chi connectivity index (χ4n) is 2.01. The second-order valence-electron chi connectivity index (χ2n) is 4.89. The van der Waals surface area contributed by atoms with Crippen LogP contribution in [0, 0.1) is 0 Å². The summed E-state index contributed by atoms with van der Waals surface area (Å²) in [6.07, 6.45) is 9.29. The molecule has 0 amide bonds.